The molecule has 0 bridgehead atoms. The zero-order chi connectivity index (χ0) is 13.9. The number of hydrogen-bond donors (Lipinski definition) is 3. The highest BCUT2D eigenvalue weighted by Gasteiger charge is 2.22. The Bertz CT molecular complexity index is 383. The minimum atomic E-state index is -0.106. The molecule has 4 heteroatoms. The largest absolute Gasteiger partial charge is 0.507 e. The molecule has 1 rings (SSSR count). The normalized spacial score (nSPS) is 13.9. The van der Waals surface area contributed by atoms with E-state index < -0.39 is 0 Å². The monoisotopic (exact) mass is 252 g/mol. The Morgan fingerprint density at radius 2 is 1.72 bits per heavy atom. The van der Waals surface area contributed by atoms with Crippen LogP contribution in [-0.4, -0.2) is 41.3 Å². The molecule has 0 saturated carbocycles. The lowest BCUT2D eigenvalue weighted by Crippen LogP contribution is -2.47. The number of nitrogens with one attached hydrogen (secondary N) is 1. The predicted octanol–water partition coefficient (Wildman–Crippen LogP) is 2.09. The van der Waals surface area contributed by atoms with E-state index in [1.165, 1.54) is 0 Å². The van der Waals surface area contributed by atoms with Crippen molar-refractivity contribution in [1.82, 2.24) is 10.2 Å². The van der Waals surface area contributed by atoms with Crippen LogP contribution in [0.25, 0.3) is 0 Å². The first-order valence-electron chi connectivity index (χ1n) is 6.17. The van der Waals surface area contributed by atoms with Gasteiger partial charge in [0.1, 0.15) is 11.5 Å². The summed E-state index contributed by atoms with van der Waals surface area (Å²) in [5.41, 5.74) is 0.556. The van der Waals surface area contributed by atoms with Crippen molar-refractivity contribution in [3.63, 3.8) is 0 Å². The topological polar surface area (TPSA) is 55.7 Å². The van der Waals surface area contributed by atoms with E-state index in [-0.39, 0.29) is 23.1 Å². The van der Waals surface area contributed by atoms with Crippen LogP contribution in [0.15, 0.2) is 18.2 Å². The van der Waals surface area contributed by atoms with Gasteiger partial charge in [-0.15, -0.1) is 0 Å². The number of rotatable bonds is 5. The molecule has 4 nitrogen and oxygen atoms in total. The Morgan fingerprint density at radius 1 is 1.22 bits per heavy atom. The van der Waals surface area contributed by atoms with E-state index in [1.807, 2.05) is 21.0 Å². The first kappa shape index (κ1) is 14.8. The van der Waals surface area contributed by atoms with E-state index in [0.717, 1.165) is 6.54 Å². The maximum absolute atomic E-state index is 9.79. The van der Waals surface area contributed by atoms with Crippen molar-refractivity contribution in [3.8, 4) is 11.5 Å². The number of likely N-dealkylation sites (N-methyl/N-ethyl adjacent to an activating group) is 1. The summed E-state index contributed by atoms with van der Waals surface area (Å²) < 4.78 is 0. The Balaban J connectivity index is 2.75. The van der Waals surface area contributed by atoms with E-state index in [2.05, 4.69) is 24.1 Å². The molecule has 1 atom stereocenters. The van der Waals surface area contributed by atoms with E-state index >= 15 is 0 Å². The molecule has 0 aliphatic carbocycles. The number of nitrogens with zero attached hydrogens (tertiary/aromatic N) is 1. The van der Waals surface area contributed by atoms with Crippen molar-refractivity contribution in [2.24, 2.45) is 0 Å². The predicted molar refractivity (Wildman–Crippen MR) is 74.0 cm³/mol. The SMILES string of the molecule is CC(NCC(C)(C)N(C)C)c1c(O)cccc1O. The molecule has 0 fully saturated rings. The number of benzene rings is 1. The molecule has 0 radical (unpaired) electrons. The van der Waals surface area contributed by atoms with Crippen LogP contribution in [0.2, 0.25) is 0 Å². The number of phenols is 2. The maximum atomic E-state index is 9.79. The molecule has 1 aromatic rings. The van der Waals surface area contributed by atoms with Gasteiger partial charge in [0.2, 0.25) is 0 Å². The highest BCUT2D eigenvalue weighted by Crippen LogP contribution is 2.32. The molecule has 0 aliphatic rings. The van der Waals surface area contributed by atoms with Crippen LogP contribution in [0.5, 0.6) is 11.5 Å². The molecule has 102 valence electrons. The van der Waals surface area contributed by atoms with E-state index in [1.54, 1.807) is 18.2 Å². The molecule has 0 heterocycles. The summed E-state index contributed by atoms with van der Waals surface area (Å²) in [6.07, 6.45) is 0. The average molecular weight is 252 g/mol. The minimum Gasteiger partial charge on any atom is -0.507 e. The second-order valence-corrected chi connectivity index (χ2v) is 5.52. The van der Waals surface area contributed by atoms with E-state index in [0.29, 0.717) is 5.56 Å². The molecule has 0 amide bonds. The lowest BCUT2D eigenvalue weighted by molar-refractivity contribution is 0.185. The summed E-state index contributed by atoms with van der Waals surface area (Å²) in [5.74, 6) is 0.246. The third-order valence-corrected chi connectivity index (χ3v) is 3.54. The summed E-state index contributed by atoms with van der Waals surface area (Å²) in [6.45, 7) is 6.96. The van der Waals surface area contributed by atoms with Gasteiger partial charge in [-0.05, 0) is 47.0 Å². The highest BCUT2D eigenvalue weighted by atomic mass is 16.3. The second-order valence-electron chi connectivity index (χ2n) is 5.52. The van der Waals surface area contributed by atoms with E-state index in [4.69, 9.17) is 0 Å². The van der Waals surface area contributed by atoms with Crippen molar-refractivity contribution in [2.45, 2.75) is 32.4 Å². The molecule has 3 N–H and O–H groups in total. The molecule has 0 spiro atoms. The second kappa shape index (κ2) is 5.59. The van der Waals surface area contributed by atoms with Crippen molar-refractivity contribution < 1.29 is 10.2 Å². The van der Waals surface area contributed by atoms with Gasteiger partial charge in [-0.1, -0.05) is 6.07 Å². The lowest BCUT2D eigenvalue weighted by atomic mass is 10.0. The van der Waals surface area contributed by atoms with Gasteiger partial charge in [-0.3, -0.25) is 0 Å². The number of hydrogen-bond acceptors (Lipinski definition) is 4. The molecule has 18 heavy (non-hydrogen) atoms. The molecular formula is C14H24N2O2. The Hall–Kier alpha value is -1.26. The summed E-state index contributed by atoms with van der Waals surface area (Å²) >= 11 is 0. The van der Waals surface area contributed by atoms with Gasteiger partial charge in [0.05, 0.1) is 5.56 Å². The Morgan fingerprint density at radius 3 is 2.17 bits per heavy atom. The van der Waals surface area contributed by atoms with Crippen LogP contribution in [0, 0.1) is 0 Å². The fourth-order valence-electron chi connectivity index (χ4n) is 1.65. The number of phenolic OH excluding ortho intramolecular Hbond substituents is 2. The maximum Gasteiger partial charge on any atom is 0.124 e. The minimum absolute atomic E-state index is 0.00821. The third kappa shape index (κ3) is 3.37. The Labute approximate surface area is 109 Å². The van der Waals surface area contributed by atoms with Crippen LogP contribution < -0.4 is 5.32 Å². The average Bonchev–Trinajstić information content (AvgIpc) is 2.26. The van der Waals surface area contributed by atoms with Gasteiger partial charge in [-0.25, -0.2) is 0 Å². The van der Waals surface area contributed by atoms with Crippen molar-refractivity contribution >= 4 is 0 Å². The van der Waals surface area contributed by atoms with Crippen LogP contribution in [0.1, 0.15) is 32.4 Å². The molecule has 0 saturated heterocycles. The van der Waals surface area contributed by atoms with Crippen molar-refractivity contribution in [2.75, 3.05) is 20.6 Å². The van der Waals surface area contributed by atoms with Crippen LogP contribution in [-0.2, 0) is 0 Å². The van der Waals surface area contributed by atoms with Gasteiger partial charge < -0.3 is 20.4 Å². The summed E-state index contributed by atoms with van der Waals surface area (Å²) in [6, 6.07) is 4.70. The van der Waals surface area contributed by atoms with Crippen LogP contribution >= 0.6 is 0 Å². The standard InChI is InChI=1S/C14H24N2O2/c1-10(15-9-14(2,3)16(4)5)13-11(17)7-6-8-12(13)18/h6-8,10,15,17-18H,9H2,1-5H3. The quantitative estimate of drug-likeness (QED) is 0.751. The van der Waals surface area contributed by atoms with Gasteiger partial charge >= 0.3 is 0 Å². The fraction of sp³-hybridized carbons (Fsp3) is 0.571. The lowest BCUT2D eigenvalue weighted by Gasteiger charge is -2.34. The van der Waals surface area contributed by atoms with E-state index in [9.17, 15) is 10.2 Å². The zero-order valence-corrected chi connectivity index (χ0v) is 11.9. The van der Waals surface area contributed by atoms with Gasteiger partial charge in [0, 0.05) is 18.1 Å². The van der Waals surface area contributed by atoms with Gasteiger partial charge in [-0.2, -0.15) is 0 Å². The molecule has 0 aromatic heterocycles. The smallest absolute Gasteiger partial charge is 0.124 e. The molecule has 1 aromatic carbocycles. The third-order valence-electron chi connectivity index (χ3n) is 3.54. The summed E-state index contributed by atoms with van der Waals surface area (Å²) in [5, 5.41) is 22.9. The first-order valence-corrected chi connectivity index (χ1v) is 6.17. The molecule has 0 aliphatic heterocycles. The summed E-state index contributed by atoms with van der Waals surface area (Å²) in [7, 11) is 4.06. The summed E-state index contributed by atoms with van der Waals surface area (Å²) in [4.78, 5) is 2.14. The van der Waals surface area contributed by atoms with Crippen molar-refractivity contribution in [1.29, 1.82) is 0 Å². The first-order chi connectivity index (χ1) is 8.25. The van der Waals surface area contributed by atoms with Crippen LogP contribution in [0.4, 0.5) is 0 Å². The van der Waals surface area contributed by atoms with Gasteiger partial charge in [0.25, 0.3) is 0 Å². The van der Waals surface area contributed by atoms with Crippen LogP contribution in [0.3, 0.4) is 0 Å². The fourth-order valence-corrected chi connectivity index (χ4v) is 1.65. The molecule has 1 unspecified atom stereocenters. The van der Waals surface area contributed by atoms with Gasteiger partial charge in [0.15, 0.2) is 0 Å². The zero-order valence-electron chi connectivity index (χ0n) is 11.9. The Kier molecular flexibility index (Phi) is 4.59. The highest BCUT2D eigenvalue weighted by molar-refractivity contribution is 5.44. The molecular weight excluding hydrogens is 228 g/mol. The van der Waals surface area contributed by atoms with Crippen molar-refractivity contribution in [3.05, 3.63) is 23.8 Å². The number of aromatic hydroxyl groups is 2.